The predicted molar refractivity (Wildman–Crippen MR) is 57.3 cm³/mol. The Morgan fingerprint density at radius 2 is 2.24 bits per heavy atom. The maximum Gasteiger partial charge on any atom is 0.231 e. The van der Waals surface area contributed by atoms with E-state index in [0.717, 1.165) is 6.08 Å². The molecule has 0 aliphatic heterocycles. The topological polar surface area (TPSA) is 80.0 Å². The average Bonchev–Trinajstić information content (AvgIpc) is 2.35. The molecule has 0 atom stereocenters. The third-order valence-corrected chi connectivity index (χ3v) is 2.34. The molecule has 0 N–H and O–H groups in total. The second-order valence-electron chi connectivity index (χ2n) is 3.33. The Morgan fingerprint density at radius 1 is 1.47 bits per heavy atom. The van der Waals surface area contributed by atoms with E-state index >= 15 is 0 Å². The van der Waals surface area contributed by atoms with Gasteiger partial charge < -0.3 is 4.74 Å². The number of carbonyl (C=O) groups excluding carboxylic acids is 2. The molecule has 2 rings (SSSR count). The summed E-state index contributed by atoms with van der Waals surface area (Å²) in [5, 5.41) is 8.88. The highest BCUT2D eigenvalue weighted by atomic mass is 16.5. The number of ether oxygens (including phenoxy) is 1. The lowest BCUT2D eigenvalue weighted by atomic mass is 9.93. The first-order chi connectivity index (χ1) is 8.19. The Kier molecular flexibility index (Phi) is 2.71. The first kappa shape index (κ1) is 11.0. The highest BCUT2D eigenvalue weighted by Gasteiger charge is 2.29. The molecular formula is C12H8N2O3. The second kappa shape index (κ2) is 4.18. The number of ketones is 2. The molecule has 1 aromatic rings. The molecule has 17 heavy (non-hydrogen) atoms. The summed E-state index contributed by atoms with van der Waals surface area (Å²) in [4.78, 5) is 27.5. The van der Waals surface area contributed by atoms with E-state index in [1.165, 1.54) is 12.3 Å². The quantitative estimate of drug-likeness (QED) is 0.761. The predicted octanol–water partition coefficient (Wildman–Crippen LogP) is 1.25. The summed E-state index contributed by atoms with van der Waals surface area (Å²) in [6, 6.07) is 3.23. The fourth-order valence-corrected chi connectivity index (χ4v) is 1.63. The van der Waals surface area contributed by atoms with Crippen LogP contribution in [0.1, 0.15) is 33.3 Å². The lowest BCUT2D eigenvalue weighted by Gasteiger charge is -2.15. The van der Waals surface area contributed by atoms with Gasteiger partial charge in [-0.15, -0.1) is 0 Å². The number of allylic oxidation sites excluding steroid dienone is 2. The zero-order chi connectivity index (χ0) is 12.4. The third-order valence-electron chi connectivity index (χ3n) is 2.34. The number of rotatable bonds is 2. The molecule has 0 saturated heterocycles. The number of hydrogen-bond acceptors (Lipinski definition) is 5. The normalized spacial score (nSPS) is 13.8. The Morgan fingerprint density at radius 3 is 2.88 bits per heavy atom. The second-order valence-corrected chi connectivity index (χ2v) is 3.33. The van der Waals surface area contributed by atoms with Gasteiger partial charge in [0.1, 0.15) is 6.07 Å². The molecule has 0 amide bonds. The van der Waals surface area contributed by atoms with Crippen LogP contribution in [0.5, 0.6) is 0 Å². The smallest absolute Gasteiger partial charge is 0.231 e. The molecule has 84 valence electrons. The molecule has 5 nitrogen and oxygen atoms in total. The van der Waals surface area contributed by atoms with Crippen LogP contribution in [0.3, 0.4) is 0 Å². The summed E-state index contributed by atoms with van der Waals surface area (Å²) in [5.41, 5.74) is 0.183. The first-order valence-corrected chi connectivity index (χ1v) is 5.01. The molecule has 0 fully saturated rings. The van der Waals surface area contributed by atoms with Gasteiger partial charge in [-0.3, -0.25) is 9.59 Å². The van der Waals surface area contributed by atoms with Crippen LogP contribution in [0, 0.1) is 11.3 Å². The van der Waals surface area contributed by atoms with E-state index in [-0.39, 0.29) is 35.0 Å². The van der Waals surface area contributed by atoms with Crippen LogP contribution in [0.15, 0.2) is 24.1 Å². The molecule has 0 radical (unpaired) electrons. The number of pyridine rings is 1. The van der Waals surface area contributed by atoms with Crippen LogP contribution >= 0.6 is 0 Å². The van der Waals surface area contributed by atoms with Crippen LogP contribution in [0.2, 0.25) is 0 Å². The number of fused-ring (bicyclic) bond motifs is 1. The van der Waals surface area contributed by atoms with Gasteiger partial charge in [-0.05, 0) is 13.0 Å². The minimum Gasteiger partial charge on any atom is -0.490 e. The summed E-state index contributed by atoms with van der Waals surface area (Å²) >= 11 is 0. The summed E-state index contributed by atoms with van der Waals surface area (Å²) in [6.45, 7) is 1.99. The van der Waals surface area contributed by atoms with Gasteiger partial charge in [0, 0.05) is 17.8 Å². The summed E-state index contributed by atoms with van der Waals surface area (Å²) in [5.74, 6) is -0.845. The molecule has 1 heterocycles. The van der Waals surface area contributed by atoms with E-state index in [1.807, 2.05) is 0 Å². The van der Waals surface area contributed by atoms with Crippen LogP contribution in [0.25, 0.3) is 0 Å². The number of Topliss-reactive ketones (excluding diaryl/α,β-unsaturated/α-hetero) is 1. The monoisotopic (exact) mass is 228 g/mol. The van der Waals surface area contributed by atoms with Crippen LogP contribution in [-0.4, -0.2) is 23.2 Å². The minimum atomic E-state index is -0.467. The highest BCUT2D eigenvalue weighted by molar-refractivity contribution is 6.24. The van der Waals surface area contributed by atoms with Crippen LogP contribution < -0.4 is 0 Å². The summed E-state index contributed by atoms with van der Waals surface area (Å²) in [6.07, 6.45) is 2.48. The zero-order valence-electron chi connectivity index (χ0n) is 9.06. The van der Waals surface area contributed by atoms with Gasteiger partial charge in [0.2, 0.25) is 5.78 Å². The van der Waals surface area contributed by atoms with Gasteiger partial charge in [-0.1, -0.05) is 0 Å². The van der Waals surface area contributed by atoms with E-state index in [4.69, 9.17) is 10.00 Å². The number of nitriles is 1. The van der Waals surface area contributed by atoms with E-state index in [1.54, 1.807) is 13.0 Å². The SMILES string of the molecule is CCOC1=CC(=O)c2ccnc(C#N)c2C1=O. The third kappa shape index (κ3) is 1.70. The Hall–Kier alpha value is -2.48. The van der Waals surface area contributed by atoms with Crippen molar-refractivity contribution in [2.75, 3.05) is 6.61 Å². The maximum absolute atomic E-state index is 12.0. The maximum atomic E-state index is 12.0. The standard InChI is InChI=1S/C12H8N2O3/c1-2-17-10-5-9(15)7-3-4-14-8(6-13)11(7)12(10)16/h3-5H,2H2,1H3. The van der Waals surface area contributed by atoms with Crippen molar-refractivity contribution < 1.29 is 14.3 Å². The van der Waals surface area contributed by atoms with E-state index < -0.39 is 5.78 Å². The number of nitrogens with zero attached hydrogens (tertiary/aromatic N) is 2. The molecular weight excluding hydrogens is 220 g/mol. The summed E-state index contributed by atoms with van der Waals surface area (Å²) < 4.78 is 5.08. The van der Waals surface area contributed by atoms with Gasteiger partial charge in [-0.2, -0.15) is 5.26 Å². The van der Waals surface area contributed by atoms with Gasteiger partial charge in [0.05, 0.1) is 12.2 Å². The molecule has 0 saturated carbocycles. The molecule has 0 spiro atoms. The fraction of sp³-hybridized carbons (Fsp3) is 0.167. The van der Waals surface area contributed by atoms with Crippen molar-refractivity contribution in [2.45, 2.75) is 6.92 Å². The number of hydrogen-bond donors (Lipinski definition) is 0. The highest BCUT2D eigenvalue weighted by Crippen LogP contribution is 2.23. The van der Waals surface area contributed by atoms with Crippen molar-refractivity contribution >= 4 is 11.6 Å². The van der Waals surface area contributed by atoms with Crippen LogP contribution in [0.4, 0.5) is 0 Å². The van der Waals surface area contributed by atoms with Gasteiger partial charge in [0.15, 0.2) is 17.2 Å². The lowest BCUT2D eigenvalue weighted by molar-refractivity contribution is 0.0891. The molecule has 5 heteroatoms. The molecule has 0 bridgehead atoms. The lowest BCUT2D eigenvalue weighted by Crippen LogP contribution is -2.20. The molecule has 0 aromatic carbocycles. The van der Waals surface area contributed by atoms with Crippen LogP contribution in [-0.2, 0) is 4.74 Å². The Balaban J connectivity index is 2.62. The van der Waals surface area contributed by atoms with Gasteiger partial charge in [-0.25, -0.2) is 4.98 Å². The Labute approximate surface area is 97.3 Å². The average molecular weight is 228 g/mol. The van der Waals surface area contributed by atoms with Gasteiger partial charge >= 0.3 is 0 Å². The Bertz CT molecular complexity index is 582. The number of carbonyl (C=O) groups is 2. The van der Waals surface area contributed by atoms with Crippen molar-refractivity contribution in [3.63, 3.8) is 0 Å². The largest absolute Gasteiger partial charge is 0.490 e. The number of aromatic nitrogens is 1. The van der Waals surface area contributed by atoms with Crippen molar-refractivity contribution in [1.82, 2.24) is 4.98 Å². The first-order valence-electron chi connectivity index (χ1n) is 5.01. The van der Waals surface area contributed by atoms with Crippen molar-refractivity contribution in [3.8, 4) is 6.07 Å². The fourth-order valence-electron chi connectivity index (χ4n) is 1.63. The van der Waals surface area contributed by atoms with Gasteiger partial charge in [0.25, 0.3) is 0 Å². The molecule has 1 aliphatic rings. The van der Waals surface area contributed by atoms with Crippen molar-refractivity contribution in [1.29, 1.82) is 5.26 Å². The zero-order valence-corrected chi connectivity index (χ0v) is 9.06. The molecule has 1 aromatic heterocycles. The van der Waals surface area contributed by atoms with E-state index in [0.29, 0.717) is 0 Å². The molecule has 1 aliphatic carbocycles. The molecule has 0 unspecified atom stereocenters. The van der Waals surface area contributed by atoms with E-state index in [2.05, 4.69) is 4.98 Å². The van der Waals surface area contributed by atoms with E-state index in [9.17, 15) is 9.59 Å². The van der Waals surface area contributed by atoms with Crippen molar-refractivity contribution in [2.24, 2.45) is 0 Å². The van der Waals surface area contributed by atoms with Crippen molar-refractivity contribution in [3.05, 3.63) is 40.9 Å². The summed E-state index contributed by atoms with van der Waals surface area (Å²) in [7, 11) is 0. The minimum absolute atomic E-state index is 0.0329.